The predicted octanol–water partition coefficient (Wildman–Crippen LogP) is 2.06. The SMILES string of the molecule is CC(C)(C)OC(=O)NCC[C@@H]1CCC[C@H]1O. The van der Waals surface area contributed by atoms with Gasteiger partial charge in [-0.3, -0.25) is 0 Å². The van der Waals surface area contributed by atoms with Gasteiger partial charge in [0.25, 0.3) is 0 Å². The van der Waals surface area contributed by atoms with Crippen molar-refractivity contribution in [3.8, 4) is 0 Å². The van der Waals surface area contributed by atoms with Crippen LogP contribution in [0.2, 0.25) is 0 Å². The quantitative estimate of drug-likeness (QED) is 0.778. The van der Waals surface area contributed by atoms with E-state index < -0.39 is 5.60 Å². The third-order valence-electron chi connectivity index (χ3n) is 2.80. The molecule has 2 N–H and O–H groups in total. The van der Waals surface area contributed by atoms with Crippen LogP contribution in [-0.4, -0.2) is 29.4 Å². The van der Waals surface area contributed by atoms with E-state index in [1.54, 1.807) is 0 Å². The third-order valence-corrected chi connectivity index (χ3v) is 2.80. The van der Waals surface area contributed by atoms with Crippen LogP contribution in [0.15, 0.2) is 0 Å². The summed E-state index contributed by atoms with van der Waals surface area (Å²) in [6.07, 6.45) is 3.34. The molecule has 0 spiro atoms. The summed E-state index contributed by atoms with van der Waals surface area (Å²) < 4.78 is 5.12. The average Bonchev–Trinajstić information content (AvgIpc) is 2.48. The van der Waals surface area contributed by atoms with Gasteiger partial charge in [0.2, 0.25) is 0 Å². The summed E-state index contributed by atoms with van der Waals surface area (Å²) in [7, 11) is 0. The Morgan fingerprint density at radius 1 is 1.44 bits per heavy atom. The van der Waals surface area contributed by atoms with Crippen LogP contribution >= 0.6 is 0 Å². The van der Waals surface area contributed by atoms with Crippen molar-refractivity contribution in [2.75, 3.05) is 6.54 Å². The molecule has 4 nitrogen and oxygen atoms in total. The number of nitrogens with one attached hydrogen (secondary N) is 1. The Bertz CT molecular complexity index is 235. The highest BCUT2D eigenvalue weighted by atomic mass is 16.6. The van der Waals surface area contributed by atoms with Gasteiger partial charge in [-0.2, -0.15) is 0 Å². The number of carbonyl (C=O) groups is 1. The maximum absolute atomic E-state index is 11.3. The Kier molecular flexibility index (Phi) is 4.59. The molecule has 0 aromatic carbocycles. The van der Waals surface area contributed by atoms with Gasteiger partial charge in [-0.25, -0.2) is 4.79 Å². The van der Waals surface area contributed by atoms with Crippen molar-refractivity contribution in [1.82, 2.24) is 5.32 Å². The first-order valence-electron chi connectivity index (χ1n) is 6.03. The predicted molar refractivity (Wildman–Crippen MR) is 62.2 cm³/mol. The average molecular weight is 229 g/mol. The molecule has 0 aromatic rings. The topological polar surface area (TPSA) is 58.6 Å². The molecule has 1 aliphatic rings. The molecule has 0 radical (unpaired) electrons. The number of hydrogen-bond acceptors (Lipinski definition) is 3. The highest BCUT2D eigenvalue weighted by molar-refractivity contribution is 5.67. The van der Waals surface area contributed by atoms with E-state index >= 15 is 0 Å². The van der Waals surface area contributed by atoms with Gasteiger partial charge in [0.1, 0.15) is 5.60 Å². The molecule has 94 valence electrons. The number of ether oxygens (including phenoxy) is 1. The zero-order valence-electron chi connectivity index (χ0n) is 10.5. The van der Waals surface area contributed by atoms with Crippen molar-refractivity contribution < 1.29 is 14.6 Å². The van der Waals surface area contributed by atoms with Crippen molar-refractivity contribution >= 4 is 6.09 Å². The maximum atomic E-state index is 11.3. The molecule has 0 aromatic heterocycles. The van der Waals surface area contributed by atoms with Crippen LogP contribution in [0.3, 0.4) is 0 Å². The Labute approximate surface area is 97.4 Å². The molecule has 1 fully saturated rings. The van der Waals surface area contributed by atoms with Crippen molar-refractivity contribution in [2.45, 2.75) is 58.2 Å². The van der Waals surface area contributed by atoms with Gasteiger partial charge in [0.05, 0.1) is 6.10 Å². The molecule has 1 aliphatic carbocycles. The standard InChI is InChI=1S/C12H23NO3/c1-12(2,3)16-11(15)13-8-7-9-5-4-6-10(9)14/h9-10,14H,4-8H2,1-3H3,(H,13,15)/t9-,10+/m0/s1. The summed E-state index contributed by atoms with van der Waals surface area (Å²) in [4.78, 5) is 11.3. The maximum Gasteiger partial charge on any atom is 0.407 e. The van der Waals surface area contributed by atoms with Gasteiger partial charge in [0.15, 0.2) is 0 Å². The molecule has 0 aliphatic heterocycles. The van der Waals surface area contributed by atoms with Crippen molar-refractivity contribution in [2.24, 2.45) is 5.92 Å². The third kappa shape index (κ3) is 4.84. The van der Waals surface area contributed by atoms with Crippen molar-refractivity contribution in [3.63, 3.8) is 0 Å². The number of amides is 1. The number of aliphatic hydroxyl groups is 1. The second-order valence-corrected chi connectivity index (χ2v) is 5.48. The first-order valence-corrected chi connectivity index (χ1v) is 6.03. The fraction of sp³-hybridized carbons (Fsp3) is 0.917. The number of carbonyl (C=O) groups excluding carboxylic acids is 1. The minimum Gasteiger partial charge on any atom is -0.444 e. The molecule has 1 rings (SSSR count). The van der Waals surface area contributed by atoms with Crippen LogP contribution in [0.4, 0.5) is 4.79 Å². The lowest BCUT2D eigenvalue weighted by atomic mass is 10.0. The fourth-order valence-electron chi connectivity index (χ4n) is 2.03. The monoisotopic (exact) mass is 229 g/mol. The molecule has 1 saturated carbocycles. The molecule has 4 heteroatoms. The summed E-state index contributed by atoms with van der Waals surface area (Å²) in [5, 5.41) is 12.3. The van der Waals surface area contributed by atoms with Gasteiger partial charge in [-0.15, -0.1) is 0 Å². The zero-order chi connectivity index (χ0) is 12.2. The van der Waals surface area contributed by atoms with E-state index in [9.17, 15) is 9.90 Å². The molecule has 2 atom stereocenters. The normalized spacial score (nSPS) is 25.5. The highest BCUT2D eigenvalue weighted by Crippen LogP contribution is 2.27. The van der Waals surface area contributed by atoms with Crippen LogP contribution in [-0.2, 0) is 4.74 Å². The van der Waals surface area contributed by atoms with Gasteiger partial charge in [-0.1, -0.05) is 6.42 Å². The van der Waals surface area contributed by atoms with E-state index in [-0.39, 0.29) is 12.2 Å². The van der Waals surface area contributed by atoms with Gasteiger partial charge in [0, 0.05) is 6.54 Å². The lowest BCUT2D eigenvalue weighted by Crippen LogP contribution is -2.34. The van der Waals surface area contributed by atoms with E-state index in [1.165, 1.54) is 0 Å². The molecule has 0 bridgehead atoms. The first-order chi connectivity index (χ1) is 7.38. The minimum absolute atomic E-state index is 0.180. The zero-order valence-corrected chi connectivity index (χ0v) is 10.5. The van der Waals surface area contributed by atoms with Gasteiger partial charge < -0.3 is 15.2 Å². The molecular weight excluding hydrogens is 206 g/mol. The van der Waals surface area contributed by atoms with Crippen LogP contribution in [0, 0.1) is 5.92 Å². The van der Waals surface area contributed by atoms with Crippen LogP contribution in [0.25, 0.3) is 0 Å². The highest BCUT2D eigenvalue weighted by Gasteiger charge is 2.25. The van der Waals surface area contributed by atoms with Crippen LogP contribution in [0.1, 0.15) is 46.5 Å². The smallest absolute Gasteiger partial charge is 0.407 e. The van der Waals surface area contributed by atoms with E-state index in [0.717, 1.165) is 25.7 Å². The van der Waals surface area contributed by atoms with Crippen LogP contribution in [0.5, 0.6) is 0 Å². The summed E-state index contributed by atoms with van der Waals surface area (Å²) >= 11 is 0. The Hall–Kier alpha value is -0.770. The molecule has 0 unspecified atom stereocenters. The second kappa shape index (κ2) is 5.53. The minimum atomic E-state index is -0.447. The molecule has 1 amide bonds. The summed E-state index contributed by atoms with van der Waals surface area (Å²) in [5.41, 5.74) is -0.447. The molecule has 16 heavy (non-hydrogen) atoms. The van der Waals surface area contributed by atoms with E-state index in [1.807, 2.05) is 20.8 Å². The van der Waals surface area contributed by atoms with Crippen molar-refractivity contribution in [3.05, 3.63) is 0 Å². The Balaban J connectivity index is 2.13. The van der Waals surface area contributed by atoms with E-state index in [4.69, 9.17) is 4.74 Å². The van der Waals surface area contributed by atoms with Crippen LogP contribution < -0.4 is 5.32 Å². The Morgan fingerprint density at radius 2 is 2.12 bits per heavy atom. The number of aliphatic hydroxyl groups excluding tert-OH is 1. The van der Waals surface area contributed by atoms with Gasteiger partial charge >= 0.3 is 6.09 Å². The molecule has 0 saturated heterocycles. The first kappa shape index (κ1) is 13.3. The lowest BCUT2D eigenvalue weighted by molar-refractivity contribution is 0.0517. The second-order valence-electron chi connectivity index (χ2n) is 5.48. The number of hydrogen-bond donors (Lipinski definition) is 2. The summed E-state index contributed by atoms with van der Waals surface area (Å²) in [6, 6.07) is 0. The van der Waals surface area contributed by atoms with Crippen molar-refractivity contribution in [1.29, 1.82) is 0 Å². The summed E-state index contributed by atoms with van der Waals surface area (Å²) in [6.45, 7) is 6.10. The lowest BCUT2D eigenvalue weighted by Gasteiger charge is -2.20. The number of alkyl carbamates (subject to hydrolysis) is 1. The Morgan fingerprint density at radius 3 is 2.62 bits per heavy atom. The molecule has 0 heterocycles. The van der Waals surface area contributed by atoms with E-state index in [2.05, 4.69) is 5.32 Å². The van der Waals surface area contributed by atoms with E-state index in [0.29, 0.717) is 12.5 Å². The number of rotatable bonds is 3. The summed E-state index contributed by atoms with van der Waals surface area (Å²) in [5.74, 6) is 0.343. The fourth-order valence-corrected chi connectivity index (χ4v) is 2.03. The largest absolute Gasteiger partial charge is 0.444 e. The molecular formula is C12H23NO3. The van der Waals surface area contributed by atoms with Gasteiger partial charge in [-0.05, 0) is 46.0 Å².